The van der Waals surface area contributed by atoms with E-state index in [0.717, 1.165) is 9.13 Å². The predicted molar refractivity (Wildman–Crippen MR) is 99.0 cm³/mol. The molecular weight excluding hydrogens is 405 g/mol. The standard InChI is InChI=1S/C17H14IN3O2/c18-13-8-4-5-9-14(13)21-15(19)10-16(22)20(17(21)23)11-12-6-2-1-3-7-12/h1-10H,11,19H2. The molecule has 116 valence electrons. The first-order valence-corrected chi connectivity index (χ1v) is 8.07. The fourth-order valence-corrected chi connectivity index (χ4v) is 3.01. The van der Waals surface area contributed by atoms with Crippen molar-refractivity contribution in [3.05, 3.63) is 90.6 Å². The Morgan fingerprint density at radius 1 is 0.957 bits per heavy atom. The highest BCUT2D eigenvalue weighted by atomic mass is 127. The maximum Gasteiger partial charge on any atom is 0.337 e. The lowest BCUT2D eigenvalue weighted by molar-refractivity contribution is 0.672. The summed E-state index contributed by atoms with van der Waals surface area (Å²) in [6.07, 6.45) is 0. The van der Waals surface area contributed by atoms with Crippen molar-refractivity contribution in [2.75, 3.05) is 5.73 Å². The van der Waals surface area contributed by atoms with Crippen LogP contribution >= 0.6 is 22.6 Å². The zero-order valence-corrected chi connectivity index (χ0v) is 14.3. The van der Waals surface area contributed by atoms with Crippen LogP contribution in [-0.4, -0.2) is 9.13 Å². The van der Waals surface area contributed by atoms with Gasteiger partial charge in [0.05, 0.1) is 12.2 Å². The molecule has 0 spiro atoms. The summed E-state index contributed by atoms with van der Waals surface area (Å²) in [6, 6.07) is 18.1. The SMILES string of the molecule is Nc1cc(=O)n(Cc2ccccc2)c(=O)n1-c1ccccc1I. The van der Waals surface area contributed by atoms with Gasteiger partial charge < -0.3 is 5.73 Å². The molecule has 3 aromatic rings. The molecule has 0 amide bonds. The van der Waals surface area contributed by atoms with Crippen LogP contribution < -0.4 is 17.0 Å². The van der Waals surface area contributed by atoms with Crippen molar-refractivity contribution in [3.63, 3.8) is 0 Å². The smallest absolute Gasteiger partial charge is 0.337 e. The Morgan fingerprint density at radius 2 is 1.61 bits per heavy atom. The van der Waals surface area contributed by atoms with Gasteiger partial charge in [-0.2, -0.15) is 0 Å². The lowest BCUT2D eigenvalue weighted by Crippen LogP contribution is -2.40. The fraction of sp³-hybridized carbons (Fsp3) is 0.0588. The molecule has 0 saturated carbocycles. The Morgan fingerprint density at radius 3 is 2.30 bits per heavy atom. The fourth-order valence-electron chi connectivity index (χ4n) is 2.38. The summed E-state index contributed by atoms with van der Waals surface area (Å²) in [5, 5.41) is 0. The quantitative estimate of drug-likeness (QED) is 0.663. The van der Waals surface area contributed by atoms with Crippen molar-refractivity contribution in [2.45, 2.75) is 6.54 Å². The van der Waals surface area contributed by atoms with Crippen LogP contribution in [0.1, 0.15) is 5.56 Å². The molecule has 0 radical (unpaired) electrons. The molecule has 6 heteroatoms. The minimum Gasteiger partial charge on any atom is -0.385 e. The van der Waals surface area contributed by atoms with Crippen molar-refractivity contribution < 1.29 is 0 Å². The molecule has 0 unspecified atom stereocenters. The topological polar surface area (TPSA) is 70.0 Å². The van der Waals surface area contributed by atoms with Gasteiger partial charge in [-0.1, -0.05) is 42.5 Å². The van der Waals surface area contributed by atoms with Gasteiger partial charge in [-0.25, -0.2) is 9.36 Å². The molecule has 2 aromatic carbocycles. The van der Waals surface area contributed by atoms with E-state index in [9.17, 15) is 9.59 Å². The second-order valence-corrected chi connectivity index (χ2v) is 6.21. The van der Waals surface area contributed by atoms with Gasteiger partial charge in [0.1, 0.15) is 5.82 Å². The largest absolute Gasteiger partial charge is 0.385 e. The van der Waals surface area contributed by atoms with Gasteiger partial charge in [0.15, 0.2) is 0 Å². The molecule has 0 aliphatic carbocycles. The monoisotopic (exact) mass is 419 g/mol. The first kappa shape index (κ1) is 15.5. The minimum atomic E-state index is -0.442. The van der Waals surface area contributed by atoms with Crippen molar-refractivity contribution in [1.29, 1.82) is 0 Å². The maximum absolute atomic E-state index is 12.8. The van der Waals surface area contributed by atoms with Gasteiger partial charge in [-0.15, -0.1) is 0 Å². The predicted octanol–water partition coefficient (Wildman–Crippen LogP) is 2.23. The van der Waals surface area contributed by atoms with E-state index in [-0.39, 0.29) is 12.4 Å². The maximum atomic E-state index is 12.8. The number of aromatic nitrogens is 2. The normalized spacial score (nSPS) is 10.7. The van der Waals surface area contributed by atoms with Gasteiger partial charge in [0.2, 0.25) is 0 Å². The molecule has 1 aromatic heterocycles. The summed E-state index contributed by atoms with van der Waals surface area (Å²) >= 11 is 2.14. The Labute approximate surface area is 146 Å². The second kappa shape index (κ2) is 6.41. The number of benzene rings is 2. The molecule has 5 nitrogen and oxygen atoms in total. The molecular formula is C17H14IN3O2. The summed E-state index contributed by atoms with van der Waals surface area (Å²) < 4.78 is 3.43. The molecule has 0 saturated heterocycles. The molecule has 0 fully saturated rings. The third-order valence-electron chi connectivity index (χ3n) is 3.49. The van der Waals surface area contributed by atoms with E-state index in [1.54, 1.807) is 6.07 Å². The van der Waals surface area contributed by atoms with Crippen LogP contribution in [-0.2, 0) is 6.54 Å². The Hall–Kier alpha value is -2.35. The zero-order chi connectivity index (χ0) is 16.4. The summed E-state index contributed by atoms with van der Waals surface area (Å²) in [5.74, 6) is 0.133. The van der Waals surface area contributed by atoms with Crippen LogP contribution in [0.4, 0.5) is 5.82 Å². The van der Waals surface area contributed by atoms with Crippen LogP contribution in [0.25, 0.3) is 5.69 Å². The van der Waals surface area contributed by atoms with Crippen molar-refractivity contribution >= 4 is 28.4 Å². The van der Waals surface area contributed by atoms with Gasteiger partial charge in [0, 0.05) is 9.64 Å². The van der Waals surface area contributed by atoms with E-state index in [1.165, 1.54) is 15.2 Å². The highest BCUT2D eigenvalue weighted by Gasteiger charge is 2.13. The van der Waals surface area contributed by atoms with Gasteiger partial charge in [0.25, 0.3) is 5.56 Å². The first-order valence-electron chi connectivity index (χ1n) is 6.99. The number of nitrogens with zero attached hydrogens (tertiary/aromatic N) is 2. The van der Waals surface area contributed by atoms with E-state index in [0.29, 0.717) is 5.69 Å². The third-order valence-corrected chi connectivity index (χ3v) is 4.41. The number of hydrogen-bond donors (Lipinski definition) is 1. The number of para-hydroxylation sites is 1. The number of anilines is 1. The zero-order valence-electron chi connectivity index (χ0n) is 12.1. The van der Waals surface area contributed by atoms with E-state index in [1.807, 2.05) is 48.5 Å². The molecule has 23 heavy (non-hydrogen) atoms. The van der Waals surface area contributed by atoms with E-state index < -0.39 is 11.2 Å². The molecule has 3 rings (SSSR count). The average molecular weight is 419 g/mol. The van der Waals surface area contributed by atoms with Crippen LogP contribution in [0, 0.1) is 3.57 Å². The molecule has 0 aliphatic heterocycles. The summed E-state index contributed by atoms with van der Waals surface area (Å²) in [5.41, 5.74) is 6.63. The number of nitrogen functional groups attached to an aromatic ring is 1. The first-order chi connectivity index (χ1) is 11.1. The Balaban J connectivity index is 2.20. The molecule has 2 N–H and O–H groups in total. The highest BCUT2D eigenvalue weighted by Crippen LogP contribution is 2.17. The van der Waals surface area contributed by atoms with Gasteiger partial charge in [-0.3, -0.25) is 9.36 Å². The summed E-state index contributed by atoms with van der Waals surface area (Å²) in [6.45, 7) is 0.211. The van der Waals surface area contributed by atoms with Crippen molar-refractivity contribution in [1.82, 2.24) is 9.13 Å². The van der Waals surface area contributed by atoms with Crippen molar-refractivity contribution in [2.24, 2.45) is 0 Å². The molecule has 0 bridgehead atoms. The van der Waals surface area contributed by atoms with Crippen LogP contribution in [0.15, 0.2) is 70.3 Å². The summed E-state index contributed by atoms with van der Waals surface area (Å²) in [7, 11) is 0. The van der Waals surface area contributed by atoms with Crippen molar-refractivity contribution in [3.8, 4) is 5.69 Å². The van der Waals surface area contributed by atoms with Crippen LogP contribution in [0.2, 0.25) is 0 Å². The Bertz CT molecular complexity index is 962. The van der Waals surface area contributed by atoms with E-state index in [4.69, 9.17) is 5.73 Å². The minimum absolute atomic E-state index is 0.133. The van der Waals surface area contributed by atoms with Gasteiger partial charge >= 0.3 is 5.69 Å². The summed E-state index contributed by atoms with van der Waals surface area (Å²) in [4.78, 5) is 25.0. The number of hydrogen-bond acceptors (Lipinski definition) is 3. The highest BCUT2D eigenvalue weighted by molar-refractivity contribution is 14.1. The molecule has 0 atom stereocenters. The molecule has 0 aliphatic rings. The second-order valence-electron chi connectivity index (χ2n) is 5.05. The lowest BCUT2D eigenvalue weighted by atomic mass is 10.2. The van der Waals surface area contributed by atoms with Crippen LogP contribution in [0.5, 0.6) is 0 Å². The number of halogens is 1. The molecule has 1 heterocycles. The number of rotatable bonds is 3. The van der Waals surface area contributed by atoms with Gasteiger partial charge in [-0.05, 0) is 40.3 Å². The number of nitrogens with two attached hydrogens (primary N) is 1. The lowest BCUT2D eigenvalue weighted by Gasteiger charge is -2.14. The van der Waals surface area contributed by atoms with Crippen LogP contribution in [0.3, 0.4) is 0 Å². The van der Waals surface area contributed by atoms with E-state index in [2.05, 4.69) is 22.6 Å². The average Bonchev–Trinajstić information content (AvgIpc) is 2.54. The van der Waals surface area contributed by atoms with E-state index >= 15 is 0 Å². The Kier molecular flexibility index (Phi) is 4.33. The third kappa shape index (κ3) is 3.07.